The summed E-state index contributed by atoms with van der Waals surface area (Å²) in [5.74, 6) is -1.85. The number of aromatic carboxylic acids is 1. The van der Waals surface area contributed by atoms with E-state index in [1.54, 1.807) is 18.3 Å². The van der Waals surface area contributed by atoms with E-state index in [0.717, 1.165) is 11.4 Å². The van der Waals surface area contributed by atoms with Crippen molar-refractivity contribution in [1.82, 2.24) is 20.0 Å². The molecule has 0 spiro atoms. The number of nitrogens with zero attached hydrogens (tertiary/aromatic N) is 4. The normalized spacial score (nSPS) is 11.5. The quantitative estimate of drug-likeness (QED) is 0.861. The van der Waals surface area contributed by atoms with Crippen molar-refractivity contribution in [2.75, 3.05) is 0 Å². The van der Waals surface area contributed by atoms with Crippen molar-refractivity contribution in [2.45, 2.75) is 58.9 Å². The summed E-state index contributed by atoms with van der Waals surface area (Å²) in [6.07, 6.45) is 3.05. The number of hydrogen-bond acceptors (Lipinski definition) is 5. The fraction of sp³-hybridized carbons (Fsp3) is 0.500. The van der Waals surface area contributed by atoms with Gasteiger partial charge in [-0.05, 0) is 12.1 Å². The molecule has 0 unspecified atom stereocenters. The average Bonchev–Trinajstić information content (AvgIpc) is 2.95. The van der Waals surface area contributed by atoms with Gasteiger partial charge in [-0.3, -0.25) is 9.78 Å². The molecular weight excluding hydrogens is 336 g/mol. The zero-order valence-corrected chi connectivity index (χ0v) is 16.0. The van der Waals surface area contributed by atoms with Crippen LogP contribution in [0.4, 0.5) is 0 Å². The van der Waals surface area contributed by atoms with Gasteiger partial charge in [-0.15, -0.1) is 5.10 Å². The van der Waals surface area contributed by atoms with Crippen LogP contribution in [0.3, 0.4) is 0 Å². The van der Waals surface area contributed by atoms with E-state index in [1.165, 1.54) is 10.9 Å². The second-order valence-electron chi connectivity index (χ2n) is 7.93. The Hall–Kier alpha value is -2.77. The molecule has 142 valence electrons. The summed E-state index contributed by atoms with van der Waals surface area (Å²) in [6, 6.07) is 3.33. The van der Waals surface area contributed by atoms with E-state index in [-0.39, 0.29) is 22.9 Å². The molecule has 0 aromatic carbocycles. The van der Waals surface area contributed by atoms with Crippen molar-refractivity contribution in [2.24, 2.45) is 0 Å². The monoisotopic (exact) mass is 362 g/mol. The number of carboxylic acids is 2. The molecule has 0 radical (unpaired) electrons. The first-order valence-corrected chi connectivity index (χ1v) is 8.13. The largest absolute Gasteiger partial charge is 0.480 e. The predicted molar refractivity (Wildman–Crippen MR) is 96.3 cm³/mol. The lowest BCUT2D eigenvalue weighted by atomic mass is 9.91. The average molecular weight is 362 g/mol. The second-order valence-corrected chi connectivity index (χ2v) is 7.93. The highest BCUT2D eigenvalue weighted by Gasteiger charge is 2.18. The number of aliphatic carboxylic acids is 1. The lowest BCUT2D eigenvalue weighted by Gasteiger charge is -2.16. The van der Waals surface area contributed by atoms with Crippen LogP contribution in [0.1, 0.15) is 63.3 Å². The summed E-state index contributed by atoms with van der Waals surface area (Å²) in [6.45, 7) is 12.0. The Labute approximate surface area is 152 Å². The van der Waals surface area contributed by atoms with E-state index >= 15 is 0 Å². The summed E-state index contributed by atoms with van der Waals surface area (Å²) in [4.78, 5) is 25.0. The number of pyridine rings is 1. The number of rotatable bonds is 3. The van der Waals surface area contributed by atoms with E-state index in [2.05, 4.69) is 15.3 Å². The molecule has 2 rings (SSSR count). The van der Waals surface area contributed by atoms with Gasteiger partial charge in [-0.1, -0.05) is 46.8 Å². The Bertz CT molecular complexity index is 753. The van der Waals surface area contributed by atoms with Crippen molar-refractivity contribution < 1.29 is 19.8 Å². The van der Waals surface area contributed by atoms with Gasteiger partial charge in [0.15, 0.2) is 0 Å². The van der Waals surface area contributed by atoms with Gasteiger partial charge in [0.05, 0.1) is 11.3 Å². The number of hydrogen-bond donors (Lipinski definition) is 2. The maximum Gasteiger partial charge on any atom is 0.337 e. The van der Waals surface area contributed by atoms with Crippen LogP contribution >= 0.6 is 0 Å². The molecule has 0 aliphatic carbocycles. The summed E-state index contributed by atoms with van der Waals surface area (Å²) in [7, 11) is 0. The molecule has 0 saturated carbocycles. The molecule has 2 heterocycles. The van der Waals surface area contributed by atoms with Crippen LogP contribution in [-0.4, -0.2) is 42.1 Å². The third-order valence-corrected chi connectivity index (χ3v) is 3.38. The van der Waals surface area contributed by atoms with Crippen molar-refractivity contribution >= 4 is 11.9 Å². The number of carboxylic acid groups (broad SMARTS) is 2. The molecule has 0 aliphatic rings. The molecule has 0 bridgehead atoms. The predicted octanol–water partition coefficient (Wildman–Crippen LogP) is 2.74. The standard InChI is InChI=1S/C10H13NO2.C8H13N3O2/c1-10(2,3)8-5-4-7(6-11-8)9(12)13;1-8(2,3)6-4-11(10-9-6)5-7(12)13/h4-6H,1-3H3,(H,12,13);4H,5H2,1-3H3,(H,12,13). The maximum atomic E-state index is 10.5. The lowest BCUT2D eigenvalue weighted by Crippen LogP contribution is -2.13. The van der Waals surface area contributed by atoms with Crippen LogP contribution < -0.4 is 0 Å². The summed E-state index contributed by atoms with van der Waals surface area (Å²) in [5.41, 5.74) is 1.81. The highest BCUT2D eigenvalue weighted by molar-refractivity contribution is 5.87. The third-order valence-electron chi connectivity index (χ3n) is 3.38. The highest BCUT2D eigenvalue weighted by Crippen LogP contribution is 2.19. The molecule has 8 heteroatoms. The zero-order valence-electron chi connectivity index (χ0n) is 16.0. The van der Waals surface area contributed by atoms with Crippen molar-refractivity contribution in [3.05, 3.63) is 41.5 Å². The fourth-order valence-corrected chi connectivity index (χ4v) is 1.82. The minimum absolute atomic E-state index is 0.0307. The van der Waals surface area contributed by atoms with Gasteiger partial charge in [0.1, 0.15) is 6.54 Å². The molecule has 2 aromatic heterocycles. The molecule has 8 nitrogen and oxygen atoms in total. The van der Waals surface area contributed by atoms with E-state index in [0.29, 0.717) is 0 Å². The van der Waals surface area contributed by atoms with Gasteiger partial charge >= 0.3 is 11.9 Å². The van der Waals surface area contributed by atoms with Crippen molar-refractivity contribution in [1.29, 1.82) is 0 Å². The molecule has 0 aliphatic heterocycles. The van der Waals surface area contributed by atoms with Gasteiger partial charge in [0, 0.05) is 28.9 Å². The summed E-state index contributed by atoms with van der Waals surface area (Å²) < 4.78 is 1.32. The van der Waals surface area contributed by atoms with Crippen molar-refractivity contribution in [3.63, 3.8) is 0 Å². The van der Waals surface area contributed by atoms with Crippen molar-refractivity contribution in [3.8, 4) is 0 Å². The Balaban J connectivity index is 0.000000260. The topological polar surface area (TPSA) is 118 Å². The van der Waals surface area contributed by atoms with E-state index in [1.807, 2.05) is 41.5 Å². The van der Waals surface area contributed by atoms with Crippen LogP contribution in [0.2, 0.25) is 0 Å². The molecule has 2 aromatic rings. The van der Waals surface area contributed by atoms with E-state index < -0.39 is 11.9 Å². The van der Waals surface area contributed by atoms with Gasteiger partial charge in [-0.2, -0.15) is 0 Å². The molecule has 0 atom stereocenters. The number of aromatic nitrogens is 4. The second kappa shape index (κ2) is 8.07. The summed E-state index contributed by atoms with van der Waals surface area (Å²) in [5, 5.41) is 24.7. The Morgan fingerprint density at radius 1 is 1.00 bits per heavy atom. The maximum absolute atomic E-state index is 10.5. The molecular formula is C18H26N4O4. The third kappa shape index (κ3) is 6.62. The first-order chi connectivity index (χ1) is 11.8. The van der Waals surface area contributed by atoms with E-state index in [4.69, 9.17) is 10.2 Å². The van der Waals surface area contributed by atoms with Crippen LogP contribution in [0.5, 0.6) is 0 Å². The molecule has 26 heavy (non-hydrogen) atoms. The molecule has 0 amide bonds. The van der Waals surface area contributed by atoms with Crippen LogP contribution in [-0.2, 0) is 22.2 Å². The van der Waals surface area contributed by atoms with Gasteiger partial charge < -0.3 is 10.2 Å². The van der Waals surface area contributed by atoms with Gasteiger partial charge in [-0.25, -0.2) is 9.48 Å². The lowest BCUT2D eigenvalue weighted by molar-refractivity contribution is -0.137. The number of carbonyl (C=O) groups is 2. The first-order valence-electron chi connectivity index (χ1n) is 8.13. The molecule has 2 N–H and O–H groups in total. The van der Waals surface area contributed by atoms with Crippen LogP contribution in [0.15, 0.2) is 24.5 Å². The SMILES string of the molecule is CC(C)(C)c1ccc(C(=O)O)cn1.CC(C)(C)c1cn(CC(=O)O)nn1. The van der Waals surface area contributed by atoms with E-state index in [9.17, 15) is 9.59 Å². The minimum atomic E-state index is -0.937. The molecule has 0 saturated heterocycles. The Morgan fingerprint density at radius 3 is 1.92 bits per heavy atom. The fourth-order valence-electron chi connectivity index (χ4n) is 1.82. The van der Waals surface area contributed by atoms with Crippen LogP contribution in [0, 0.1) is 0 Å². The van der Waals surface area contributed by atoms with Gasteiger partial charge in [0.2, 0.25) is 0 Å². The first kappa shape index (κ1) is 21.3. The Kier molecular flexibility index (Phi) is 6.60. The zero-order chi connectivity index (χ0) is 20.1. The summed E-state index contributed by atoms with van der Waals surface area (Å²) >= 11 is 0. The smallest absolute Gasteiger partial charge is 0.337 e. The van der Waals surface area contributed by atoms with Gasteiger partial charge in [0.25, 0.3) is 0 Å². The highest BCUT2D eigenvalue weighted by atomic mass is 16.4. The molecule has 0 fully saturated rings. The Morgan fingerprint density at radius 2 is 1.58 bits per heavy atom. The minimum Gasteiger partial charge on any atom is -0.480 e. The van der Waals surface area contributed by atoms with Crippen LogP contribution in [0.25, 0.3) is 0 Å².